The molecule has 0 aliphatic carbocycles. The second-order valence-electron chi connectivity index (χ2n) is 4.66. The number of hydrogen-bond acceptors (Lipinski definition) is 3. The van der Waals surface area contributed by atoms with Crippen LogP contribution in [-0.2, 0) is 24.2 Å². The summed E-state index contributed by atoms with van der Waals surface area (Å²) in [6.07, 6.45) is 1.92. The first-order chi connectivity index (χ1) is 9.30. The van der Waals surface area contributed by atoms with E-state index in [1.165, 1.54) is 5.52 Å². The van der Waals surface area contributed by atoms with Crippen molar-refractivity contribution >= 4 is 11.0 Å². The highest BCUT2D eigenvalue weighted by molar-refractivity contribution is 5.77. The van der Waals surface area contributed by atoms with Crippen LogP contribution in [0.2, 0.25) is 0 Å². The van der Waals surface area contributed by atoms with Gasteiger partial charge in [-0.2, -0.15) is 0 Å². The molecule has 0 atom stereocenters. The summed E-state index contributed by atoms with van der Waals surface area (Å²) in [6, 6.07) is 6.27. The Morgan fingerprint density at radius 1 is 1.26 bits per heavy atom. The Kier molecular flexibility index (Phi) is 4.93. The van der Waals surface area contributed by atoms with Crippen LogP contribution in [-0.4, -0.2) is 22.8 Å². The van der Waals surface area contributed by atoms with E-state index in [4.69, 9.17) is 15.5 Å². The minimum Gasteiger partial charge on any atom is -0.381 e. The molecule has 2 N–H and O–H groups in total. The summed E-state index contributed by atoms with van der Waals surface area (Å²) < 4.78 is 7.81. The zero-order valence-corrected chi connectivity index (χ0v) is 11.9. The Labute approximate surface area is 114 Å². The number of nitrogens with zero attached hydrogens (tertiary/aromatic N) is 2. The minimum atomic E-state index is 0.559. The molecule has 19 heavy (non-hydrogen) atoms. The summed E-state index contributed by atoms with van der Waals surface area (Å²) in [7, 11) is 0. The first kappa shape index (κ1) is 14.0. The molecule has 0 radical (unpaired) electrons. The molecule has 4 heteroatoms. The summed E-state index contributed by atoms with van der Waals surface area (Å²) in [5, 5.41) is 0. The van der Waals surface area contributed by atoms with Gasteiger partial charge < -0.3 is 15.0 Å². The lowest BCUT2D eigenvalue weighted by Crippen LogP contribution is -2.06. The molecule has 4 nitrogen and oxygen atoms in total. The van der Waals surface area contributed by atoms with Gasteiger partial charge in [0.25, 0.3) is 0 Å². The summed E-state index contributed by atoms with van der Waals surface area (Å²) in [6.45, 7) is 7.32. The zero-order valence-electron chi connectivity index (χ0n) is 11.9. The molecule has 1 aromatic carbocycles. The van der Waals surface area contributed by atoms with E-state index in [1.54, 1.807) is 0 Å². The van der Waals surface area contributed by atoms with Crippen molar-refractivity contribution in [1.82, 2.24) is 9.55 Å². The fourth-order valence-corrected chi connectivity index (χ4v) is 2.31. The first-order valence-electron chi connectivity index (χ1n) is 7.06. The van der Waals surface area contributed by atoms with E-state index in [9.17, 15) is 0 Å². The molecule has 2 rings (SSSR count). The number of hydrogen-bond donors (Lipinski definition) is 1. The lowest BCUT2D eigenvalue weighted by atomic mass is 10.2. The van der Waals surface area contributed by atoms with Gasteiger partial charge in [0.15, 0.2) is 0 Å². The van der Waals surface area contributed by atoms with Gasteiger partial charge in [0.05, 0.1) is 17.6 Å². The van der Waals surface area contributed by atoms with Crippen LogP contribution in [0.3, 0.4) is 0 Å². The number of aryl methyl sites for hydroxylation is 1. The molecule has 0 aliphatic heterocycles. The van der Waals surface area contributed by atoms with Crippen molar-refractivity contribution in [3.05, 3.63) is 29.6 Å². The van der Waals surface area contributed by atoms with Gasteiger partial charge in [0.1, 0.15) is 5.82 Å². The van der Waals surface area contributed by atoms with E-state index in [1.807, 2.05) is 0 Å². The van der Waals surface area contributed by atoms with Crippen molar-refractivity contribution in [3.8, 4) is 0 Å². The third-order valence-corrected chi connectivity index (χ3v) is 3.26. The maximum atomic E-state index is 5.68. The van der Waals surface area contributed by atoms with Gasteiger partial charge in [-0.15, -0.1) is 0 Å². The summed E-state index contributed by atoms with van der Waals surface area (Å²) in [4.78, 5) is 4.72. The standard InChI is InChI=1S/C15H23N3O/c1-3-8-19-9-7-15-17-13-10-12(11-16)5-6-14(13)18(15)4-2/h5-6,10H,3-4,7-9,11,16H2,1-2H3. The van der Waals surface area contributed by atoms with Crippen molar-refractivity contribution in [2.45, 2.75) is 39.8 Å². The number of rotatable bonds is 7. The van der Waals surface area contributed by atoms with E-state index in [0.717, 1.165) is 49.5 Å². The van der Waals surface area contributed by atoms with Crippen molar-refractivity contribution in [2.24, 2.45) is 5.73 Å². The SMILES string of the molecule is CCCOCCc1nc2cc(CN)ccc2n1CC. The fraction of sp³-hybridized carbons (Fsp3) is 0.533. The van der Waals surface area contributed by atoms with Crippen LogP contribution in [0.4, 0.5) is 0 Å². The third kappa shape index (κ3) is 3.14. The number of aromatic nitrogens is 2. The molecule has 0 saturated heterocycles. The van der Waals surface area contributed by atoms with Crippen LogP contribution in [0, 0.1) is 0 Å². The van der Waals surface area contributed by atoms with E-state index >= 15 is 0 Å². The molecule has 1 aromatic heterocycles. The normalized spacial score (nSPS) is 11.3. The van der Waals surface area contributed by atoms with Gasteiger partial charge in [-0.05, 0) is 31.0 Å². The molecule has 0 spiro atoms. The Hall–Kier alpha value is -1.39. The molecule has 0 saturated carbocycles. The van der Waals surface area contributed by atoms with Gasteiger partial charge in [-0.25, -0.2) is 4.98 Å². The van der Waals surface area contributed by atoms with Crippen LogP contribution >= 0.6 is 0 Å². The average molecular weight is 261 g/mol. The zero-order chi connectivity index (χ0) is 13.7. The van der Waals surface area contributed by atoms with Crippen LogP contribution in [0.15, 0.2) is 18.2 Å². The van der Waals surface area contributed by atoms with Crippen LogP contribution in [0.5, 0.6) is 0 Å². The number of fused-ring (bicyclic) bond motifs is 1. The molecule has 0 bridgehead atoms. The van der Waals surface area contributed by atoms with Gasteiger partial charge in [-0.1, -0.05) is 13.0 Å². The molecule has 0 aliphatic rings. The number of imidazole rings is 1. The number of benzene rings is 1. The van der Waals surface area contributed by atoms with Crippen molar-refractivity contribution in [3.63, 3.8) is 0 Å². The smallest absolute Gasteiger partial charge is 0.112 e. The molecular formula is C15H23N3O. The first-order valence-corrected chi connectivity index (χ1v) is 7.06. The molecule has 2 aromatic rings. The maximum Gasteiger partial charge on any atom is 0.112 e. The number of ether oxygens (including phenoxy) is 1. The third-order valence-electron chi connectivity index (χ3n) is 3.26. The lowest BCUT2D eigenvalue weighted by molar-refractivity contribution is 0.136. The predicted octanol–water partition coefficient (Wildman–Crippen LogP) is 2.48. The Morgan fingerprint density at radius 3 is 2.79 bits per heavy atom. The Morgan fingerprint density at radius 2 is 2.11 bits per heavy atom. The maximum absolute atomic E-state index is 5.68. The summed E-state index contributed by atoms with van der Waals surface area (Å²) in [5.74, 6) is 1.10. The highest BCUT2D eigenvalue weighted by atomic mass is 16.5. The van der Waals surface area contributed by atoms with Crippen molar-refractivity contribution in [1.29, 1.82) is 0 Å². The van der Waals surface area contributed by atoms with E-state index in [0.29, 0.717) is 6.54 Å². The molecule has 104 valence electrons. The predicted molar refractivity (Wildman–Crippen MR) is 78.1 cm³/mol. The van der Waals surface area contributed by atoms with Crippen LogP contribution < -0.4 is 5.73 Å². The molecule has 1 heterocycles. The van der Waals surface area contributed by atoms with Crippen molar-refractivity contribution in [2.75, 3.05) is 13.2 Å². The lowest BCUT2D eigenvalue weighted by Gasteiger charge is -2.06. The van der Waals surface area contributed by atoms with Gasteiger partial charge in [0, 0.05) is 26.1 Å². The monoisotopic (exact) mass is 261 g/mol. The quantitative estimate of drug-likeness (QED) is 0.779. The van der Waals surface area contributed by atoms with E-state index in [-0.39, 0.29) is 0 Å². The second kappa shape index (κ2) is 6.68. The van der Waals surface area contributed by atoms with Gasteiger partial charge in [0.2, 0.25) is 0 Å². The van der Waals surface area contributed by atoms with Crippen LogP contribution in [0.25, 0.3) is 11.0 Å². The van der Waals surface area contributed by atoms with Crippen molar-refractivity contribution < 1.29 is 4.74 Å². The largest absolute Gasteiger partial charge is 0.381 e. The topological polar surface area (TPSA) is 53.1 Å². The molecular weight excluding hydrogens is 238 g/mol. The van der Waals surface area contributed by atoms with E-state index in [2.05, 4.69) is 36.6 Å². The Balaban J connectivity index is 2.22. The van der Waals surface area contributed by atoms with Gasteiger partial charge in [-0.3, -0.25) is 0 Å². The Bertz CT molecular complexity index is 533. The van der Waals surface area contributed by atoms with Gasteiger partial charge >= 0.3 is 0 Å². The highest BCUT2D eigenvalue weighted by Crippen LogP contribution is 2.18. The van der Waals surface area contributed by atoms with Crippen LogP contribution in [0.1, 0.15) is 31.7 Å². The molecule has 0 amide bonds. The molecule has 0 unspecified atom stereocenters. The fourth-order valence-electron chi connectivity index (χ4n) is 2.31. The number of nitrogens with two attached hydrogens (primary N) is 1. The summed E-state index contributed by atoms with van der Waals surface area (Å²) in [5.41, 5.74) is 9.03. The summed E-state index contributed by atoms with van der Waals surface area (Å²) >= 11 is 0. The second-order valence-corrected chi connectivity index (χ2v) is 4.66. The van der Waals surface area contributed by atoms with E-state index < -0.39 is 0 Å². The average Bonchev–Trinajstić information content (AvgIpc) is 2.79. The minimum absolute atomic E-state index is 0.559. The highest BCUT2D eigenvalue weighted by Gasteiger charge is 2.09. The molecule has 0 fully saturated rings.